The zero-order valence-corrected chi connectivity index (χ0v) is 3.91. The summed E-state index contributed by atoms with van der Waals surface area (Å²) in [5, 5.41) is 0. The zero-order valence-electron chi connectivity index (χ0n) is 12.9. The molecule has 0 amide bonds. The smallest absolute Gasteiger partial charge is 0.135 e. The Kier molecular flexibility index (Phi) is 0.234. The van der Waals surface area contributed by atoms with Gasteiger partial charge in [0.2, 0.25) is 0 Å². The monoisotopic (exact) mass is 109 g/mol. The maximum absolute atomic E-state index is 11.5. The third-order valence-corrected chi connectivity index (χ3v) is 0.454. The average Bonchev–Trinajstić information content (AvgIpc) is 1.95. The molecule has 0 spiro atoms. The Labute approximate surface area is 57.4 Å². The van der Waals surface area contributed by atoms with Crippen LogP contribution in [0, 0.1) is 5.41 Å². The van der Waals surface area contributed by atoms with Crippen molar-refractivity contribution in [1.82, 2.24) is 0 Å². The first-order valence-corrected chi connectivity index (χ1v) is 1.70. The van der Waals surface area contributed by atoms with Gasteiger partial charge in [-0.3, -0.25) is 4.79 Å². The number of hydrogen-bond acceptors (Lipinski definition) is 1. The fourth-order valence-corrected chi connectivity index (χ4v) is 0. The van der Waals surface area contributed by atoms with Gasteiger partial charge in [-0.05, 0) is 6.85 Å². The van der Waals surface area contributed by atoms with E-state index >= 15 is 0 Å². The number of Topliss-reactive ketones (excluding diaryl/α,β-unsaturated/α-hetero) is 1. The highest BCUT2D eigenvalue weighted by Gasteiger charge is 2.14. The summed E-state index contributed by atoms with van der Waals surface area (Å²) in [6.07, 6.45) is 0. The van der Waals surface area contributed by atoms with Crippen LogP contribution in [0.1, 0.15) is 39.8 Å². The fourth-order valence-electron chi connectivity index (χ4n) is 0. The van der Waals surface area contributed by atoms with E-state index in [0.29, 0.717) is 6.92 Å². The van der Waals surface area contributed by atoms with Crippen molar-refractivity contribution < 1.29 is 17.1 Å². The van der Waals surface area contributed by atoms with E-state index in [-0.39, 0.29) is 0 Å². The largest absolute Gasteiger partial charge is 0.299 e. The summed E-state index contributed by atoms with van der Waals surface area (Å²) in [6, 6.07) is 0. The van der Waals surface area contributed by atoms with Crippen molar-refractivity contribution in [2.24, 2.45) is 5.41 Å². The van der Waals surface area contributed by atoms with E-state index in [0.717, 1.165) is 0 Å². The Morgan fingerprint density at radius 2 is 2.29 bits per heavy atom. The summed E-state index contributed by atoms with van der Waals surface area (Å²) in [5.41, 5.74) is -2.88. The van der Waals surface area contributed by atoms with Crippen molar-refractivity contribution >= 4 is 5.78 Å². The van der Waals surface area contributed by atoms with E-state index in [2.05, 4.69) is 0 Å². The van der Waals surface area contributed by atoms with E-state index in [1.165, 1.54) is 0 Å². The molecule has 0 aromatic heterocycles. The molecular weight excluding hydrogens is 88.1 g/mol. The Hall–Kier alpha value is -0.330. The van der Waals surface area contributed by atoms with Gasteiger partial charge in [-0.1, -0.05) is 20.6 Å². The third-order valence-electron chi connectivity index (χ3n) is 0.454. The van der Waals surface area contributed by atoms with Crippen molar-refractivity contribution in [2.75, 3.05) is 0 Å². The second kappa shape index (κ2) is 1.65. The van der Waals surface area contributed by atoms with Crippen molar-refractivity contribution in [3.05, 3.63) is 0 Å². The molecule has 0 aromatic rings. The minimum atomic E-state index is -3.25. The lowest BCUT2D eigenvalue weighted by Crippen LogP contribution is -2.15. The molecule has 1 nitrogen and oxygen atoms in total. The first-order chi connectivity index (χ1) is 6.65. The van der Waals surface area contributed by atoms with Gasteiger partial charge in [-0.2, -0.15) is 0 Å². The molecule has 0 heterocycles. The number of carbonyl (C=O) groups excluding carboxylic acids is 1. The molecule has 0 bridgehead atoms. The molecule has 0 saturated carbocycles. The summed E-state index contributed by atoms with van der Waals surface area (Å²) in [4.78, 5) is 11.5. The summed E-state index contributed by atoms with van der Waals surface area (Å²) in [6.45, 7) is -9.02. The van der Waals surface area contributed by atoms with Crippen molar-refractivity contribution in [3.63, 3.8) is 0 Å². The molecule has 0 saturated heterocycles. The molecule has 7 heavy (non-hydrogen) atoms. The number of rotatable bonds is 0. The number of ketones is 1. The topological polar surface area (TPSA) is 17.1 Å². The highest BCUT2D eigenvalue weighted by molar-refractivity contribution is 5.80. The minimum Gasteiger partial charge on any atom is -0.299 e. The van der Waals surface area contributed by atoms with E-state index in [1.807, 2.05) is 0 Å². The maximum Gasteiger partial charge on any atom is 0.135 e. The molecule has 0 radical (unpaired) electrons. The lowest BCUT2D eigenvalue weighted by Gasteiger charge is -2.11. The Bertz CT molecular complexity index is 266. The Morgan fingerprint density at radius 3 is 2.43 bits per heavy atom. The predicted octanol–water partition coefficient (Wildman–Crippen LogP) is 1.62. The second-order valence-electron chi connectivity index (χ2n) is 1.45. The maximum atomic E-state index is 11.5. The first kappa shape index (κ1) is 0.996. The van der Waals surface area contributed by atoms with Crippen LogP contribution in [0.3, 0.4) is 0 Å². The van der Waals surface area contributed by atoms with Gasteiger partial charge in [0.05, 0.1) is 0 Å². The summed E-state index contributed by atoms with van der Waals surface area (Å²) < 4.78 is 62.8. The highest BCUT2D eigenvalue weighted by atomic mass is 16.1. The van der Waals surface area contributed by atoms with Crippen LogP contribution in [0.15, 0.2) is 0 Å². The van der Waals surface area contributed by atoms with Crippen LogP contribution in [0.5, 0.6) is 0 Å². The molecule has 0 aliphatic heterocycles. The molecule has 1 heteroatoms. The van der Waals surface area contributed by atoms with Crippen molar-refractivity contribution in [2.45, 2.75) is 27.5 Å². The molecule has 0 rings (SSSR count). The fraction of sp³-hybridized carbons (Fsp3) is 0.833. The van der Waals surface area contributed by atoms with Gasteiger partial charge < -0.3 is 0 Å². The normalized spacial score (nSPS) is 35.9. The van der Waals surface area contributed by atoms with Gasteiger partial charge in [0.15, 0.2) is 0 Å². The van der Waals surface area contributed by atoms with Crippen LogP contribution < -0.4 is 0 Å². The standard InChI is InChI=1S/C6H12O/c1-5(7)6(2,3)4/h1-4H3/i1D3,2D3,3D3. The van der Waals surface area contributed by atoms with Gasteiger partial charge in [0.1, 0.15) is 5.78 Å². The molecule has 0 aliphatic rings. The van der Waals surface area contributed by atoms with E-state index in [9.17, 15) is 4.79 Å². The van der Waals surface area contributed by atoms with E-state index in [4.69, 9.17) is 12.3 Å². The van der Waals surface area contributed by atoms with E-state index in [1.54, 1.807) is 0 Å². The lowest BCUT2D eigenvalue weighted by molar-refractivity contribution is -0.124. The molecule has 0 fully saturated rings. The molecule has 42 valence electrons. The van der Waals surface area contributed by atoms with Crippen LogP contribution >= 0.6 is 0 Å². The van der Waals surface area contributed by atoms with Gasteiger partial charge in [-0.15, -0.1) is 0 Å². The second-order valence-corrected chi connectivity index (χ2v) is 1.45. The molecule has 0 aliphatic carbocycles. The molecule has 0 unspecified atom stereocenters. The first-order valence-electron chi connectivity index (χ1n) is 6.20. The molecule has 0 aromatic carbocycles. The zero-order chi connectivity index (χ0) is 13.6. The molecular formula is C6H12O. The van der Waals surface area contributed by atoms with Crippen LogP contribution in [0.4, 0.5) is 0 Å². The van der Waals surface area contributed by atoms with Gasteiger partial charge in [0, 0.05) is 17.8 Å². The highest BCUT2D eigenvalue weighted by Crippen LogP contribution is 2.12. The summed E-state index contributed by atoms with van der Waals surface area (Å²) >= 11 is 0. The molecule has 0 N–H and O–H groups in total. The van der Waals surface area contributed by atoms with Crippen molar-refractivity contribution in [3.8, 4) is 0 Å². The van der Waals surface area contributed by atoms with Gasteiger partial charge in [0.25, 0.3) is 0 Å². The minimum absolute atomic E-state index is 0.641. The summed E-state index contributed by atoms with van der Waals surface area (Å²) in [5.74, 6) is -1.76. The van der Waals surface area contributed by atoms with Gasteiger partial charge >= 0.3 is 0 Å². The Balaban J connectivity index is 5.74. The third kappa shape index (κ3) is 2.38. The lowest BCUT2D eigenvalue weighted by atomic mass is 9.92. The van der Waals surface area contributed by atoms with E-state index < -0.39 is 31.8 Å². The molecule has 0 atom stereocenters. The number of carbonyl (C=O) groups is 1. The van der Waals surface area contributed by atoms with Crippen molar-refractivity contribution in [1.29, 1.82) is 0 Å². The van der Waals surface area contributed by atoms with Crippen LogP contribution in [-0.2, 0) is 4.79 Å². The van der Waals surface area contributed by atoms with Crippen LogP contribution in [-0.4, -0.2) is 5.78 Å². The average molecular weight is 109 g/mol. The van der Waals surface area contributed by atoms with Crippen LogP contribution in [0.2, 0.25) is 0 Å². The number of hydrogen-bond donors (Lipinski definition) is 0. The predicted molar refractivity (Wildman–Crippen MR) is 30.1 cm³/mol. The SMILES string of the molecule is [2H]C([2H])([2H])C(=O)C(C)(C([2H])([2H])[2H])C([2H])([2H])[2H]. The van der Waals surface area contributed by atoms with Crippen LogP contribution in [0.25, 0.3) is 0 Å². The summed E-state index contributed by atoms with van der Waals surface area (Å²) in [7, 11) is 0. The quantitative estimate of drug-likeness (QED) is 0.462. The van der Waals surface area contributed by atoms with Gasteiger partial charge in [-0.25, -0.2) is 0 Å². The Morgan fingerprint density at radius 1 is 1.71 bits per heavy atom.